The summed E-state index contributed by atoms with van der Waals surface area (Å²) in [5.41, 5.74) is 7.48. The first-order chi connectivity index (χ1) is 8.41. The molecule has 0 fully saturated rings. The molecule has 2 rings (SSSR count). The van der Waals surface area contributed by atoms with E-state index in [1.807, 2.05) is 0 Å². The number of nitrogens with zero attached hydrogens (tertiary/aromatic N) is 2. The van der Waals surface area contributed by atoms with E-state index in [0.717, 1.165) is 0 Å². The van der Waals surface area contributed by atoms with Crippen molar-refractivity contribution in [2.24, 2.45) is 0 Å². The highest BCUT2D eigenvalue weighted by molar-refractivity contribution is 5.70. The summed E-state index contributed by atoms with van der Waals surface area (Å²) >= 11 is 0. The first-order valence-electron chi connectivity index (χ1n) is 5.47. The Morgan fingerprint density at radius 2 is 1.56 bits per heavy atom. The fraction of sp³-hybridized carbons (Fsp3) is 0.231. The van der Waals surface area contributed by atoms with Crippen molar-refractivity contribution in [2.45, 2.75) is 20.8 Å². The van der Waals surface area contributed by atoms with Gasteiger partial charge in [0, 0.05) is 5.56 Å². The summed E-state index contributed by atoms with van der Waals surface area (Å²) in [4.78, 5) is 8.25. The monoisotopic (exact) mass is 249 g/mol. The Morgan fingerprint density at radius 3 is 2.22 bits per heavy atom. The number of aryl methyl sites for hydroxylation is 3. The van der Waals surface area contributed by atoms with Crippen LogP contribution in [0.4, 0.5) is 14.6 Å². The van der Waals surface area contributed by atoms with Gasteiger partial charge in [-0.25, -0.2) is 18.7 Å². The van der Waals surface area contributed by atoms with Gasteiger partial charge in [0.05, 0.1) is 11.4 Å². The van der Waals surface area contributed by atoms with Crippen LogP contribution in [0, 0.1) is 32.4 Å². The first-order valence-corrected chi connectivity index (χ1v) is 5.47. The fourth-order valence-corrected chi connectivity index (χ4v) is 1.65. The molecule has 0 aliphatic rings. The number of halogens is 2. The molecule has 0 saturated carbocycles. The molecule has 3 nitrogen and oxygen atoms in total. The van der Waals surface area contributed by atoms with E-state index < -0.39 is 11.6 Å². The van der Waals surface area contributed by atoms with Crippen LogP contribution >= 0.6 is 0 Å². The lowest BCUT2D eigenvalue weighted by Crippen LogP contribution is -2.04. The van der Waals surface area contributed by atoms with Crippen molar-refractivity contribution < 1.29 is 8.78 Å². The Morgan fingerprint density at radius 1 is 0.944 bits per heavy atom. The molecule has 0 saturated heterocycles. The van der Waals surface area contributed by atoms with Crippen molar-refractivity contribution in [1.82, 2.24) is 9.97 Å². The lowest BCUT2D eigenvalue weighted by atomic mass is 10.1. The highest BCUT2D eigenvalue weighted by Gasteiger charge is 2.17. The van der Waals surface area contributed by atoms with Crippen molar-refractivity contribution in [3.63, 3.8) is 0 Å². The molecule has 0 atom stereocenters. The molecule has 0 bridgehead atoms. The Kier molecular flexibility index (Phi) is 2.98. The molecule has 2 N–H and O–H groups in total. The zero-order valence-corrected chi connectivity index (χ0v) is 10.4. The van der Waals surface area contributed by atoms with Crippen molar-refractivity contribution in [1.29, 1.82) is 0 Å². The molecule has 0 spiro atoms. The maximum Gasteiger partial charge on any atom is 0.168 e. The van der Waals surface area contributed by atoms with Gasteiger partial charge in [-0.3, -0.25) is 0 Å². The Bertz CT molecular complexity index is 624. The van der Waals surface area contributed by atoms with Gasteiger partial charge in [0.25, 0.3) is 0 Å². The van der Waals surface area contributed by atoms with Crippen LogP contribution in [-0.2, 0) is 0 Å². The Labute approximate surface area is 104 Å². The summed E-state index contributed by atoms with van der Waals surface area (Å²) < 4.78 is 27.4. The predicted octanol–water partition coefficient (Wildman–Crippen LogP) is 2.93. The highest BCUT2D eigenvalue weighted by atomic mass is 19.2. The third-order valence-corrected chi connectivity index (χ3v) is 2.86. The second kappa shape index (κ2) is 4.33. The molecule has 0 amide bonds. The zero-order chi connectivity index (χ0) is 13.4. The predicted molar refractivity (Wildman–Crippen MR) is 66.0 cm³/mol. The van der Waals surface area contributed by atoms with Crippen molar-refractivity contribution in [2.75, 3.05) is 5.73 Å². The number of rotatable bonds is 1. The van der Waals surface area contributed by atoms with E-state index in [9.17, 15) is 8.78 Å². The SMILES string of the molecule is Cc1ccc(-c2nc(C)c(C)nc2N)c(F)c1F. The smallest absolute Gasteiger partial charge is 0.168 e. The van der Waals surface area contributed by atoms with Crippen LogP contribution < -0.4 is 5.73 Å². The van der Waals surface area contributed by atoms with Crippen LogP contribution in [0.2, 0.25) is 0 Å². The van der Waals surface area contributed by atoms with Gasteiger partial charge in [-0.05, 0) is 32.4 Å². The third kappa shape index (κ3) is 1.92. The molecule has 1 aromatic heterocycles. The highest BCUT2D eigenvalue weighted by Crippen LogP contribution is 2.28. The minimum absolute atomic E-state index is 0.0335. The average Bonchev–Trinajstić information content (AvgIpc) is 2.32. The maximum absolute atomic E-state index is 13.9. The van der Waals surface area contributed by atoms with E-state index >= 15 is 0 Å². The van der Waals surface area contributed by atoms with E-state index in [1.165, 1.54) is 19.1 Å². The molecule has 1 heterocycles. The van der Waals surface area contributed by atoms with Crippen LogP contribution in [0.3, 0.4) is 0 Å². The quantitative estimate of drug-likeness (QED) is 0.845. The number of hydrogen-bond donors (Lipinski definition) is 1. The number of nitrogens with two attached hydrogens (primary N) is 1. The topological polar surface area (TPSA) is 51.8 Å². The molecule has 0 aliphatic heterocycles. The van der Waals surface area contributed by atoms with Crippen LogP contribution in [0.15, 0.2) is 12.1 Å². The first kappa shape index (κ1) is 12.4. The van der Waals surface area contributed by atoms with Crippen molar-refractivity contribution in [3.05, 3.63) is 40.7 Å². The lowest BCUT2D eigenvalue weighted by Gasteiger charge is -2.09. The molecular formula is C13H13F2N3. The Hall–Kier alpha value is -2.04. The number of hydrogen-bond acceptors (Lipinski definition) is 3. The van der Waals surface area contributed by atoms with Crippen LogP contribution in [-0.4, -0.2) is 9.97 Å². The molecular weight excluding hydrogens is 236 g/mol. The van der Waals surface area contributed by atoms with Crippen LogP contribution in [0.25, 0.3) is 11.3 Å². The summed E-state index contributed by atoms with van der Waals surface area (Å²) in [6, 6.07) is 2.95. The third-order valence-electron chi connectivity index (χ3n) is 2.86. The van der Waals surface area contributed by atoms with Gasteiger partial charge in [-0.1, -0.05) is 6.07 Å². The number of aromatic nitrogens is 2. The molecule has 94 valence electrons. The summed E-state index contributed by atoms with van der Waals surface area (Å²) in [7, 11) is 0. The summed E-state index contributed by atoms with van der Waals surface area (Å²) in [5.74, 6) is -1.73. The molecule has 0 unspecified atom stereocenters. The van der Waals surface area contributed by atoms with Gasteiger partial charge < -0.3 is 5.73 Å². The van der Waals surface area contributed by atoms with Gasteiger partial charge >= 0.3 is 0 Å². The van der Waals surface area contributed by atoms with E-state index in [-0.39, 0.29) is 22.6 Å². The van der Waals surface area contributed by atoms with Crippen LogP contribution in [0.1, 0.15) is 17.0 Å². The summed E-state index contributed by atoms with van der Waals surface area (Å²) in [6.45, 7) is 5.00. The standard InChI is InChI=1S/C13H13F2N3/c1-6-4-5-9(11(15)10(6)14)12-13(16)18-8(3)7(2)17-12/h4-5H,1-3H3,(H2,16,18). The van der Waals surface area contributed by atoms with Gasteiger partial charge in [-0.2, -0.15) is 0 Å². The minimum atomic E-state index is -0.945. The molecule has 18 heavy (non-hydrogen) atoms. The fourth-order valence-electron chi connectivity index (χ4n) is 1.65. The molecule has 5 heteroatoms. The normalized spacial score (nSPS) is 10.7. The van der Waals surface area contributed by atoms with Gasteiger partial charge in [0.1, 0.15) is 11.5 Å². The minimum Gasteiger partial charge on any atom is -0.382 e. The van der Waals surface area contributed by atoms with Crippen LogP contribution in [0.5, 0.6) is 0 Å². The number of benzene rings is 1. The van der Waals surface area contributed by atoms with E-state index in [4.69, 9.17) is 5.73 Å². The summed E-state index contributed by atoms with van der Waals surface area (Å²) in [5, 5.41) is 0. The lowest BCUT2D eigenvalue weighted by molar-refractivity contribution is 0.505. The van der Waals surface area contributed by atoms with Crippen molar-refractivity contribution in [3.8, 4) is 11.3 Å². The van der Waals surface area contributed by atoms with Gasteiger partial charge in [0.2, 0.25) is 0 Å². The van der Waals surface area contributed by atoms with Gasteiger partial charge in [-0.15, -0.1) is 0 Å². The molecule has 0 aliphatic carbocycles. The average molecular weight is 249 g/mol. The molecule has 1 aromatic carbocycles. The number of anilines is 1. The van der Waals surface area contributed by atoms with Crippen molar-refractivity contribution >= 4 is 5.82 Å². The maximum atomic E-state index is 13.9. The summed E-state index contributed by atoms with van der Waals surface area (Å²) in [6.07, 6.45) is 0. The zero-order valence-electron chi connectivity index (χ0n) is 10.4. The molecule has 2 aromatic rings. The Balaban J connectivity index is 2.70. The second-order valence-corrected chi connectivity index (χ2v) is 4.19. The molecule has 0 radical (unpaired) electrons. The van der Waals surface area contributed by atoms with E-state index in [2.05, 4.69) is 9.97 Å². The second-order valence-electron chi connectivity index (χ2n) is 4.19. The number of nitrogen functional groups attached to an aromatic ring is 1. The largest absolute Gasteiger partial charge is 0.382 e. The van der Waals surface area contributed by atoms with E-state index in [1.54, 1.807) is 13.8 Å². The van der Waals surface area contributed by atoms with Gasteiger partial charge in [0.15, 0.2) is 11.6 Å². The van der Waals surface area contributed by atoms with E-state index in [0.29, 0.717) is 11.4 Å².